The van der Waals surface area contributed by atoms with Crippen LogP contribution >= 0.6 is 0 Å². The Balaban J connectivity index is 4.96. The van der Waals surface area contributed by atoms with Crippen molar-refractivity contribution in [1.29, 1.82) is 0 Å². The van der Waals surface area contributed by atoms with Crippen LogP contribution in [-0.4, -0.2) is 46.4 Å². The molecule has 0 saturated carbocycles. The topological polar surface area (TPSA) is 130 Å². The van der Waals surface area contributed by atoms with Crippen LogP contribution in [0.25, 0.3) is 0 Å². The molecule has 2 N–H and O–H groups in total. The number of hydrogen-bond acceptors (Lipinski definition) is 8. The molecule has 0 rings (SSSR count). The van der Waals surface area contributed by atoms with Crippen LogP contribution in [0.3, 0.4) is 0 Å². The zero-order valence-corrected chi connectivity index (χ0v) is 9.65. The van der Waals surface area contributed by atoms with Gasteiger partial charge in [0.05, 0.1) is 13.4 Å². The van der Waals surface area contributed by atoms with Gasteiger partial charge in [0.15, 0.2) is 0 Å². The predicted octanol–water partition coefficient (Wildman–Crippen LogP) is -1.59. The van der Waals surface area contributed by atoms with Crippen LogP contribution in [-0.2, 0) is 28.8 Å². The van der Waals surface area contributed by atoms with Crippen LogP contribution in [0.1, 0.15) is 0 Å². The van der Waals surface area contributed by atoms with Gasteiger partial charge in [-0.2, -0.15) is 8.42 Å². The molecular formula is C6H11N3O6S. The Morgan fingerprint density at radius 2 is 1.81 bits per heavy atom. The first-order valence-corrected chi connectivity index (χ1v) is 5.55. The summed E-state index contributed by atoms with van der Waals surface area (Å²) in [7, 11) is -1.57. The summed E-state index contributed by atoms with van der Waals surface area (Å²) >= 11 is 0. The van der Waals surface area contributed by atoms with Gasteiger partial charge in [-0.3, -0.25) is 4.28 Å². The molecule has 0 radical (unpaired) electrons. The molecule has 0 aliphatic carbocycles. The van der Waals surface area contributed by atoms with Crippen molar-refractivity contribution in [2.24, 2.45) is 16.0 Å². The highest BCUT2D eigenvalue weighted by molar-refractivity contribution is 7.85. The molecular weight excluding hydrogens is 242 g/mol. The molecule has 0 heterocycles. The van der Waals surface area contributed by atoms with Gasteiger partial charge in [0.25, 0.3) is 0 Å². The number of nitrogens with two attached hydrogens (primary N) is 1. The average molecular weight is 253 g/mol. The minimum Gasteiger partial charge on any atom is -0.464 e. The summed E-state index contributed by atoms with van der Waals surface area (Å²) in [4.78, 5) is 15.4. The summed E-state index contributed by atoms with van der Waals surface area (Å²) in [5.74, 6) is -1.53. The highest BCUT2D eigenvalue weighted by atomic mass is 32.2. The van der Waals surface area contributed by atoms with E-state index < -0.39 is 27.6 Å². The van der Waals surface area contributed by atoms with E-state index >= 15 is 0 Å². The van der Waals surface area contributed by atoms with E-state index in [9.17, 15) is 13.2 Å². The lowest BCUT2D eigenvalue weighted by Gasteiger charge is -2.01. The number of ether oxygens (including phenoxy) is 1. The SMILES string of the molecule is CON=C(C(=O)OC)C(N)=NOS(C)(=O)=O. The third kappa shape index (κ3) is 5.14. The van der Waals surface area contributed by atoms with Crippen molar-refractivity contribution in [1.82, 2.24) is 0 Å². The molecule has 0 bridgehead atoms. The Hall–Kier alpha value is -1.84. The van der Waals surface area contributed by atoms with E-state index in [-0.39, 0.29) is 0 Å². The van der Waals surface area contributed by atoms with Gasteiger partial charge in [-0.25, -0.2) is 4.79 Å². The molecule has 0 amide bonds. The maximum Gasteiger partial charge on any atom is 0.364 e. The first-order valence-electron chi connectivity index (χ1n) is 3.73. The Kier molecular flexibility index (Phi) is 5.22. The molecule has 0 aromatic carbocycles. The Morgan fingerprint density at radius 1 is 1.25 bits per heavy atom. The normalized spacial score (nSPS) is 13.2. The number of esters is 1. The third-order valence-electron chi connectivity index (χ3n) is 1.07. The van der Waals surface area contributed by atoms with Crippen molar-refractivity contribution in [3.05, 3.63) is 0 Å². The number of oxime groups is 2. The fourth-order valence-electron chi connectivity index (χ4n) is 0.528. The van der Waals surface area contributed by atoms with Gasteiger partial charge in [-0.15, -0.1) is 0 Å². The standard InChI is InChI=1S/C6H11N3O6S/c1-13-6(10)4(8-14-2)5(7)9-15-16(3,11)12/h1-3H3,(H2,7,9). The minimum absolute atomic E-state index is 0.506. The summed E-state index contributed by atoms with van der Waals surface area (Å²) in [6.45, 7) is 0. The van der Waals surface area contributed by atoms with Gasteiger partial charge in [0.1, 0.15) is 7.11 Å². The van der Waals surface area contributed by atoms with E-state index in [1.165, 1.54) is 0 Å². The fraction of sp³-hybridized carbons (Fsp3) is 0.500. The number of methoxy groups -OCH3 is 1. The van der Waals surface area contributed by atoms with Crippen LogP contribution < -0.4 is 5.73 Å². The molecule has 0 unspecified atom stereocenters. The van der Waals surface area contributed by atoms with Gasteiger partial charge < -0.3 is 15.3 Å². The van der Waals surface area contributed by atoms with Gasteiger partial charge in [0, 0.05) is 0 Å². The molecule has 0 saturated heterocycles. The monoisotopic (exact) mass is 253 g/mol. The van der Waals surface area contributed by atoms with Crippen LogP contribution in [0.2, 0.25) is 0 Å². The Labute approximate surface area is 91.9 Å². The Morgan fingerprint density at radius 3 is 2.19 bits per heavy atom. The number of amidine groups is 1. The summed E-state index contributed by atoms with van der Waals surface area (Å²) < 4.78 is 29.5. The van der Waals surface area contributed by atoms with E-state index in [1.807, 2.05) is 0 Å². The van der Waals surface area contributed by atoms with Gasteiger partial charge in [0.2, 0.25) is 11.5 Å². The number of carbonyl (C=O) groups excluding carboxylic acids is 1. The van der Waals surface area contributed by atoms with Crippen LogP contribution in [0, 0.1) is 0 Å². The van der Waals surface area contributed by atoms with Crippen molar-refractivity contribution >= 4 is 27.6 Å². The molecule has 92 valence electrons. The molecule has 0 aliphatic heterocycles. The summed E-state index contributed by atoms with van der Waals surface area (Å²) in [6, 6.07) is 0. The molecule has 0 aromatic heterocycles. The lowest BCUT2D eigenvalue weighted by atomic mass is 10.3. The zero-order chi connectivity index (χ0) is 12.8. The van der Waals surface area contributed by atoms with Crippen LogP contribution in [0.5, 0.6) is 0 Å². The van der Waals surface area contributed by atoms with E-state index in [2.05, 4.69) is 24.2 Å². The highest BCUT2D eigenvalue weighted by Gasteiger charge is 2.19. The average Bonchev–Trinajstić information content (AvgIpc) is 2.20. The van der Waals surface area contributed by atoms with E-state index in [1.54, 1.807) is 0 Å². The predicted molar refractivity (Wildman–Crippen MR) is 54.0 cm³/mol. The lowest BCUT2D eigenvalue weighted by molar-refractivity contribution is -0.132. The van der Waals surface area contributed by atoms with E-state index in [0.717, 1.165) is 20.5 Å². The van der Waals surface area contributed by atoms with Crippen molar-refractivity contribution in [2.75, 3.05) is 20.5 Å². The van der Waals surface area contributed by atoms with Gasteiger partial charge in [-0.05, 0) is 5.16 Å². The largest absolute Gasteiger partial charge is 0.464 e. The Bertz CT molecular complexity index is 412. The van der Waals surface area contributed by atoms with E-state index in [0.29, 0.717) is 0 Å². The number of hydrogen-bond donors (Lipinski definition) is 1. The van der Waals surface area contributed by atoms with Crippen molar-refractivity contribution < 1.29 is 27.1 Å². The summed E-state index contributed by atoms with van der Waals surface area (Å²) in [6.07, 6.45) is 0.759. The fourth-order valence-corrected chi connectivity index (χ4v) is 0.743. The molecule has 9 nitrogen and oxygen atoms in total. The van der Waals surface area contributed by atoms with E-state index in [4.69, 9.17) is 5.73 Å². The zero-order valence-electron chi connectivity index (χ0n) is 8.83. The van der Waals surface area contributed by atoms with Gasteiger partial charge >= 0.3 is 16.1 Å². The molecule has 0 fully saturated rings. The molecule has 0 aromatic rings. The molecule has 10 heteroatoms. The highest BCUT2D eigenvalue weighted by Crippen LogP contribution is 1.91. The number of nitrogens with zero attached hydrogens (tertiary/aromatic N) is 2. The lowest BCUT2D eigenvalue weighted by Crippen LogP contribution is -2.32. The molecule has 0 aliphatic rings. The van der Waals surface area contributed by atoms with Gasteiger partial charge in [-0.1, -0.05) is 5.16 Å². The quantitative estimate of drug-likeness (QED) is 0.270. The second-order valence-corrected chi connectivity index (χ2v) is 3.93. The minimum atomic E-state index is -3.82. The van der Waals surface area contributed by atoms with Crippen LogP contribution in [0.4, 0.5) is 0 Å². The maximum absolute atomic E-state index is 11.1. The van der Waals surface area contributed by atoms with Crippen molar-refractivity contribution in [2.45, 2.75) is 0 Å². The first-order chi connectivity index (χ1) is 7.31. The molecule has 0 spiro atoms. The number of rotatable bonds is 5. The summed E-state index contributed by atoms with van der Waals surface area (Å²) in [5.41, 5.74) is 4.73. The smallest absolute Gasteiger partial charge is 0.364 e. The summed E-state index contributed by atoms with van der Waals surface area (Å²) in [5, 5.41) is 6.19. The second-order valence-electron chi connectivity index (χ2n) is 2.37. The number of carbonyl (C=O) groups is 1. The molecule has 16 heavy (non-hydrogen) atoms. The van der Waals surface area contributed by atoms with Crippen LogP contribution in [0.15, 0.2) is 10.3 Å². The first kappa shape index (κ1) is 14.2. The third-order valence-corrected chi connectivity index (χ3v) is 1.42. The molecule has 0 atom stereocenters. The second kappa shape index (κ2) is 5.90. The van der Waals surface area contributed by atoms with Crippen molar-refractivity contribution in [3.8, 4) is 0 Å². The van der Waals surface area contributed by atoms with Crippen molar-refractivity contribution in [3.63, 3.8) is 0 Å². The maximum atomic E-state index is 11.1.